The molecule has 0 rings (SSSR count). The molecule has 0 aliphatic heterocycles. The lowest BCUT2D eigenvalue weighted by atomic mass is 10.1. The number of ether oxygens (including phenoxy) is 2. The Bertz CT molecular complexity index is 730. The Morgan fingerprint density at radius 1 is 0.490 bits per heavy atom. The van der Waals surface area contributed by atoms with Gasteiger partial charge in [0.1, 0.15) is 0 Å². The van der Waals surface area contributed by atoms with Crippen molar-refractivity contribution in [1.29, 1.82) is 0 Å². The van der Waals surface area contributed by atoms with Gasteiger partial charge in [0.25, 0.3) is 0 Å². The monoisotopic (exact) mass is 687 g/mol. The van der Waals surface area contributed by atoms with Gasteiger partial charge in [-0.1, -0.05) is 140 Å². The first-order valence-electron chi connectivity index (χ1n) is 21.3. The normalized spacial score (nSPS) is 13.1. The van der Waals surface area contributed by atoms with Crippen molar-refractivity contribution >= 4 is 0 Å². The zero-order valence-electron chi connectivity index (χ0n) is 33.6. The van der Waals surface area contributed by atoms with E-state index in [0.717, 1.165) is 58.7 Å². The van der Waals surface area contributed by atoms with Crippen LogP contribution < -0.4 is 5.32 Å². The van der Waals surface area contributed by atoms with Crippen molar-refractivity contribution in [2.24, 2.45) is 0 Å². The van der Waals surface area contributed by atoms with Gasteiger partial charge < -0.3 is 19.7 Å². The van der Waals surface area contributed by atoms with Crippen LogP contribution in [0.5, 0.6) is 0 Å². The highest BCUT2D eigenvalue weighted by Crippen LogP contribution is 2.11. The van der Waals surface area contributed by atoms with Gasteiger partial charge in [0.05, 0.1) is 12.7 Å². The molecule has 0 saturated carbocycles. The molecule has 49 heavy (non-hydrogen) atoms. The molecule has 0 aromatic rings. The zero-order chi connectivity index (χ0) is 35.6. The minimum Gasteiger partial charge on any atom is -0.379 e. The van der Waals surface area contributed by atoms with Crippen molar-refractivity contribution in [3.8, 4) is 0 Å². The Hall–Kier alpha value is -1.20. The lowest BCUT2D eigenvalue weighted by Gasteiger charge is -2.19. The van der Waals surface area contributed by atoms with Gasteiger partial charge in [0, 0.05) is 13.2 Å². The summed E-state index contributed by atoms with van der Waals surface area (Å²) in [4.78, 5) is 2.25. The molecule has 288 valence electrons. The molecule has 0 heterocycles. The molecule has 0 aliphatic carbocycles. The van der Waals surface area contributed by atoms with Crippen LogP contribution in [0.1, 0.15) is 181 Å². The van der Waals surface area contributed by atoms with Crippen molar-refractivity contribution in [1.82, 2.24) is 10.2 Å². The van der Waals surface area contributed by atoms with Gasteiger partial charge in [-0.05, 0) is 124 Å². The second kappa shape index (κ2) is 43.0. The summed E-state index contributed by atoms with van der Waals surface area (Å²) in [6, 6.07) is 0. The van der Waals surface area contributed by atoms with Crippen LogP contribution >= 0.6 is 0 Å². The SMILES string of the molecule is CCCCC/C=C/C/C=C/CCCCCCCCOCC(CCNCCCN(C)C)OCCCCCCCC/C=C/C/C=C/CCCCC. The third-order valence-electron chi connectivity index (χ3n) is 9.09. The summed E-state index contributed by atoms with van der Waals surface area (Å²) < 4.78 is 12.5. The molecule has 0 spiro atoms. The zero-order valence-corrected chi connectivity index (χ0v) is 33.6. The molecule has 0 aromatic carbocycles. The second-order valence-corrected chi connectivity index (χ2v) is 14.4. The van der Waals surface area contributed by atoms with Crippen molar-refractivity contribution in [2.45, 2.75) is 187 Å². The summed E-state index contributed by atoms with van der Waals surface area (Å²) in [5, 5.41) is 3.61. The summed E-state index contributed by atoms with van der Waals surface area (Å²) in [5.41, 5.74) is 0. The molecule has 4 nitrogen and oxygen atoms in total. The predicted octanol–water partition coefficient (Wildman–Crippen LogP) is 12.9. The van der Waals surface area contributed by atoms with E-state index in [0.29, 0.717) is 0 Å². The molecular formula is C45H86N2O2. The highest BCUT2D eigenvalue weighted by Gasteiger charge is 2.09. The van der Waals surface area contributed by atoms with Crippen molar-refractivity contribution in [2.75, 3.05) is 53.6 Å². The van der Waals surface area contributed by atoms with Crippen molar-refractivity contribution in [3.63, 3.8) is 0 Å². The minimum absolute atomic E-state index is 0.212. The van der Waals surface area contributed by atoms with Crippen LogP contribution in [0.15, 0.2) is 48.6 Å². The first-order chi connectivity index (χ1) is 24.2. The average molecular weight is 687 g/mol. The van der Waals surface area contributed by atoms with E-state index in [9.17, 15) is 0 Å². The fourth-order valence-corrected chi connectivity index (χ4v) is 5.87. The van der Waals surface area contributed by atoms with Gasteiger partial charge in [-0.2, -0.15) is 0 Å². The number of nitrogens with one attached hydrogen (secondary N) is 1. The Balaban J connectivity index is 3.89. The van der Waals surface area contributed by atoms with Gasteiger partial charge in [-0.15, -0.1) is 0 Å². The minimum atomic E-state index is 0.212. The fraction of sp³-hybridized carbons (Fsp3) is 0.822. The van der Waals surface area contributed by atoms with Crippen LogP contribution in [0, 0.1) is 0 Å². The first kappa shape index (κ1) is 47.8. The van der Waals surface area contributed by atoms with Gasteiger partial charge in [-0.25, -0.2) is 0 Å². The Morgan fingerprint density at radius 2 is 0.939 bits per heavy atom. The number of hydrogen-bond donors (Lipinski definition) is 1. The van der Waals surface area contributed by atoms with Crippen LogP contribution in [0.2, 0.25) is 0 Å². The first-order valence-corrected chi connectivity index (χ1v) is 21.3. The van der Waals surface area contributed by atoms with E-state index in [4.69, 9.17) is 9.47 Å². The standard InChI is InChI=1S/C45H86N2O2/c1-5-7-9-11-13-15-17-19-21-23-25-27-29-31-33-35-42-48-44-45(38-40-46-39-37-41-47(3)4)49-43-36-34-32-30-28-26-24-22-20-18-16-14-12-10-8-6-2/h13-16,19-22,45-46H,5-12,17-18,23-44H2,1-4H3/b15-13+,16-14+,21-19+,22-20+. The smallest absolute Gasteiger partial charge is 0.0820 e. The molecule has 1 N–H and O–H groups in total. The van der Waals surface area contributed by atoms with Gasteiger partial charge in [-0.3, -0.25) is 0 Å². The van der Waals surface area contributed by atoms with Gasteiger partial charge >= 0.3 is 0 Å². The van der Waals surface area contributed by atoms with Gasteiger partial charge in [0.15, 0.2) is 0 Å². The molecular weight excluding hydrogens is 601 g/mol. The van der Waals surface area contributed by atoms with Crippen LogP contribution in [0.25, 0.3) is 0 Å². The maximum Gasteiger partial charge on any atom is 0.0820 e. The number of unbranched alkanes of at least 4 members (excludes halogenated alkanes) is 18. The number of hydrogen-bond acceptors (Lipinski definition) is 4. The molecule has 0 bridgehead atoms. The van der Waals surface area contributed by atoms with E-state index in [2.05, 4.69) is 86.8 Å². The molecule has 4 heteroatoms. The van der Waals surface area contributed by atoms with Crippen molar-refractivity contribution < 1.29 is 9.47 Å². The van der Waals surface area contributed by atoms with Crippen molar-refractivity contribution in [3.05, 3.63) is 48.6 Å². The second-order valence-electron chi connectivity index (χ2n) is 14.4. The quantitative estimate of drug-likeness (QED) is 0.0514. The fourth-order valence-electron chi connectivity index (χ4n) is 5.87. The van der Waals surface area contributed by atoms with E-state index in [-0.39, 0.29) is 6.10 Å². The molecule has 0 amide bonds. The predicted molar refractivity (Wildman–Crippen MR) is 220 cm³/mol. The van der Waals surface area contributed by atoms with E-state index in [1.165, 1.54) is 148 Å². The molecule has 0 saturated heterocycles. The Kier molecular flexibility index (Phi) is 41.9. The highest BCUT2D eigenvalue weighted by molar-refractivity contribution is 4.93. The van der Waals surface area contributed by atoms with Crippen LogP contribution in [-0.2, 0) is 9.47 Å². The van der Waals surface area contributed by atoms with E-state index in [1.54, 1.807) is 0 Å². The number of rotatable bonds is 40. The van der Waals surface area contributed by atoms with Crippen LogP contribution in [0.4, 0.5) is 0 Å². The van der Waals surface area contributed by atoms with E-state index >= 15 is 0 Å². The van der Waals surface area contributed by atoms with E-state index in [1.807, 2.05) is 0 Å². The molecule has 0 aliphatic rings. The van der Waals surface area contributed by atoms with Gasteiger partial charge in [0.2, 0.25) is 0 Å². The summed E-state index contributed by atoms with van der Waals surface area (Å²) in [6.07, 6.45) is 52.0. The molecule has 0 radical (unpaired) electrons. The van der Waals surface area contributed by atoms with Crippen LogP contribution in [0.3, 0.4) is 0 Å². The Morgan fingerprint density at radius 3 is 1.43 bits per heavy atom. The maximum absolute atomic E-state index is 6.34. The molecule has 1 unspecified atom stereocenters. The Labute approximate surface area is 308 Å². The molecule has 1 atom stereocenters. The molecule has 0 fully saturated rings. The third kappa shape index (κ3) is 42.9. The lowest BCUT2D eigenvalue weighted by molar-refractivity contribution is -0.0220. The largest absolute Gasteiger partial charge is 0.379 e. The third-order valence-corrected chi connectivity index (χ3v) is 9.09. The summed E-state index contributed by atoms with van der Waals surface area (Å²) in [5.74, 6) is 0. The molecule has 0 aromatic heterocycles. The lowest BCUT2D eigenvalue weighted by Crippen LogP contribution is -2.28. The summed E-state index contributed by atoms with van der Waals surface area (Å²) in [7, 11) is 4.29. The number of nitrogens with zero attached hydrogens (tertiary/aromatic N) is 1. The topological polar surface area (TPSA) is 33.7 Å². The summed E-state index contributed by atoms with van der Waals surface area (Å²) >= 11 is 0. The van der Waals surface area contributed by atoms with Crippen LogP contribution in [-0.4, -0.2) is 64.6 Å². The van der Waals surface area contributed by atoms with E-state index < -0.39 is 0 Å². The number of allylic oxidation sites excluding steroid dienone is 8. The highest BCUT2D eigenvalue weighted by atomic mass is 16.5. The average Bonchev–Trinajstić information content (AvgIpc) is 3.10. The maximum atomic E-state index is 6.34. The summed E-state index contributed by atoms with van der Waals surface area (Å²) in [6.45, 7) is 10.2.